The molecule has 2 saturated carbocycles. The molecule has 0 aromatic rings. The van der Waals surface area contributed by atoms with Crippen molar-refractivity contribution in [1.29, 1.82) is 0 Å². The molecule has 4 aliphatic rings. The highest BCUT2D eigenvalue weighted by atomic mass is 16.6. The van der Waals surface area contributed by atoms with Crippen molar-refractivity contribution >= 4 is 0 Å². The fourth-order valence-electron chi connectivity index (χ4n) is 5.14. The van der Waals surface area contributed by atoms with Gasteiger partial charge in [-0.25, -0.2) is 0 Å². The molecule has 4 fully saturated rings. The molecule has 2 aliphatic heterocycles. The summed E-state index contributed by atoms with van der Waals surface area (Å²) in [5.41, 5.74) is 0.883. The Morgan fingerprint density at radius 3 is 2.47 bits per heavy atom. The lowest BCUT2D eigenvalue weighted by molar-refractivity contribution is 0.0498. The van der Waals surface area contributed by atoms with E-state index in [4.69, 9.17) is 9.47 Å². The summed E-state index contributed by atoms with van der Waals surface area (Å²) in [5, 5.41) is 0. The molecular weight excluding hydrogens is 212 g/mol. The molecule has 0 N–H and O–H groups in total. The average Bonchev–Trinajstić information content (AvgIpc) is 3.02. The highest BCUT2D eigenvalue weighted by Gasteiger charge is 2.81. The third kappa shape index (κ3) is 1.10. The van der Waals surface area contributed by atoms with E-state index in [9.17, 15) is 0 Å². The van der Waals surface area contributed by atoms with Crippen molar-refractivity contribution in [2.24, 2.45) is 11.3 Å². The van der Waals surface area contributed by atoms with E-state index in [0.717, 1.165) is 0 Å². The summed E-state index contributed by atoms with van der Waals surface area (Å²) < 4.78 is 12.4. The third-order valence-corrected chi connectivity index (χ3v) is 6.32. The third-order valence-electron chi connectivity index (χ3n) is 6.32. The predicted octanol–water partition coefficient (Wildman–Crippen LogP) is 3.29. The van der Waals surface area contributed by atoms with E-state index >= 15 is 0 Å². The molecule has 2 saturated heterocycles. The van der Waals surface area contributed by atoms with Crippen LogP contribution in [0.3, 0.4) is 0 Å². The Labute approximate surface area is 104 Å². The zero-order chi connectivity index (χ0) is 12.1. The number of hydrogen-bond acceptors (Lipinski definition) is 2. The van der Waals surface area contributed by atoms with Gasteiger partial charge in [-0.3, -0.25) is 0 Å². The highest BCUT2D eigenvalue weighted by molar-refractivity contribution is 5.28. The van der Waals surface area contributed by atoms with E-state index in [1.807, 2.05) is 0 Å². The van der Waals surface area contributed by atoms with Gasteiger partial charge in [-0.15, -0.1) is 0 Å². The molecule has 17 heavy (non-hydrogen) atoms. The van der Waals surface area contributed by atoms with Gasteiger partial charge in [0, 0.05) is 5.92 Å². The minimum absolute atomic E-state index is 0.160. The van der Waals surface area contributed by atoms with Gasteiger partial charge in [-0.2, -0.15) is 0 Å². The minimum Gasteiger partial charge on any atom is -0.366 e. The zero-order valence-corrected chi connectivity index (χ0v) is 11.5. The number of rotatable bonds is 0. The van der Waals surface area contributed by atoms with Crippen molar-refractivity contribution in [3.63, 3.8) is 0 Å². The highest BCUT2D eigenvalue weighted by Crippen LogP contribution is 2.72. The lowest BCUT2D eigenvalue weighted by Crippen LogP contribution is -2.48. The van der Waals surface area contributed by atoms with Crippen LogP contribution in [0.4, 0.5) is 0 Å². The van der Waals surface area contributed by atoms with Crippen molar-refractivity contribution in [3.8, 4) is 0 Å². The summed E-state index contributed by atoms with van der Waals surface area (Å²) in [5.74, 6) is 0.612. The van der Waals surface area contributed by atoms with E-state index < -0.39 is 0 Å². The SMILES string of the molecule is CC1(C)CCC[C@@]2(C)O[C@]23CC[C@]2(C)O[C@@H]2C13. The monoisotopic (exact) mass is 236 g/mol. The lowest BCUT2D eigenvalue weighted by Gasteiger charge is -2.40. The molecule has 1 unspecified atom stereocenters. The fourth-order valence-corrected chi connectivity index (χ4v) is 5.14. The zero-order valence-electron chi connectivity index (χ0n) is 11.5. The maximum Gasteiger partial charge on any atom is 0.104 e. The van der Waals surface area contributed by atoms with Crippen molar-refractivity contribution in [3.05, 3.63) is 0 Å². The van der Waals surface area contributed by atoms with E-state index in [2.05, 4.69) is 27.7 Å². The Hall–Kier alpha value is -0.0800. The molecule has 0 amide bonds. The van der Waals surface area contributed by atoms with Gasteiger partial charge in [0.25, 0.3) is 0 Å². The first-order chi connectivity index (χ1) is 7.83. The molecule has 0 aromatic carbocycles. The van der Waals surface area contributed by atoms with Crippen LogP contribution in [-0.2, 0) is 9.47 Å². The topological polar surface area (TPSA) is 25.1 Å². The normalized spacial score (nSPS) is 62.8. The van der Waals surface area contributed by atoms with Crippen LogP contribution < -0.4 is 0 Å². The molecule has 2 aliphatic carbocycles. The number of ether oxygens (including phenoxy) is 2. The first-order valence-electron chi connectivity index (χ1n) is 7.21. The van der Waals surface area contributed by atoms with Crippen LogP contribution in [0.25, 0.3) is 0 Å². The van der Waals surface area contributed by atoms with Crippen molar-refractivity contribution in [1.82, 2.24) is 0 Å². The van der Waals surface area contributed by atoms with E-state index in [-0.39, 0.29) is 16.8 Å². The Balaban J connectivity index is 1.79. The van der Waals surface area contributed by atoms with E-state index in [0.29, 0.717) is 17.4 Å². The molecule has 2 nitrogen and oxygen atoms in total. The van der Waals surface area contributed by atoms with E-state index in [1.54, 1.807) is 0 Å². The van der Waals surface area contributed by atoms with Gasteiger partial charge in [0.1, 0.15) is 5.60 Å². The van der Waals surface area contributed by atoms with Gasteiger partial charge in [0.05, 0.1) is 17.3 Å². The van der Waals surface area contributed by atoms with Gasteiger partial charge in [0.15, 0.2) is 0 Å². The van der Waals surface area contributed by atoms with Gasteiger partial charge in [0.2, 0.25) is 0 Å². The molecule has 2 heteroatoms. The van der Waals surface area contributed by atoms with Crippen LogP contribution in [0, 0.1) is 11.3 Å². The number of hydrogen-bond donors (Lipinski definition) is 0. The standard InChI is InChI=1S/C15H24O2/c1-12(2)6-5-7-14(4)15(17-14)9-8-13(3)11(16-13)10(12)15/h10-11H,5-9H2,1-4H3/t10?,11-,13+,14-,15+/m1/s1. The Bertz CT molecular complexity index is 390. The molecule has 5 atom stereocenters. The van der Waals surface area contributed by atoms with Gasteiger partial charge >= 0.3 is 0 Å². The molecule has 1 spiro atoms. The first kappa shape index (κ1) is 10.8. The maximum atomic E-state index is 6.33. The summed E-state index contributed by atoms with van der Waals surface area (Å²) in [7, 11) is 0. The molecule has 4 rings (SSSR count). The fraction of sp³-hybridized carbons (Fsp3) is 1.00. The summed E-state index contributed by atoms with van der Waals surface area (Å²) in [6.45, 7) is 9.50. The maximum absolute atomic E-state index is 6.33. The smallest absolute Gasteiger partial charge is 0.104 e. The van der Waals surface area contributed by atoms with Crippen LogP contribution >= 0.6 is 0 Å². The number of fused-ring (bicyclic) bond motifs is 2. The quantitative estimate of drug-likeness (QED) is 0.603. The first-order valence-corrected chi connectivity index (χ1v) is 7.21. The largest absolute Gasteiger partial charge is 0.366 e. The molecule has 96 valence electrons. The van der Waals surface area contributed by atoms with Crippen LogP contribution in [0.1, 0.15) is 59.8 Å². The van der Waals surface area contributed by atoms with Crippen LogP contribution in [0.2, 0.25) is 0 Å². The summed E-state index contributed by atoms with van der Waals surface area (Å²) in [4.78, 5) is 0. The Morgan fingerprint density at radius 2 is 1.71 bits per heavy atom. The molecule has 0 radical (unpaired) electrons. The van der Waals surface area contributed by atoms with Crippen LogP contribution in [0.5, 0.6) is 0 Å². The number of epoxide rings is 2. The van der Waals surface area contributed by atoms with Crippen LogP contribution in [-0.4, -0.2) is 22.9 Å². The van der Waals surface area contributed by atoms with Crippen molar-refractivity contribution < 1.29 is 9.47 Å². The van der Waals surface area contributed by atoms with Gasteiger partial charge in [-0.05, 0) is 51.4 Å². The van der Waals surface area contributed by atoms with E-state index in [1.165, 1.54) is 32.1 Å². The Kier molecular flexibility index (Phi) is 1.65. The lowest BCUT2D eigenvalue weighted by atomic mass is 9.60. The summed E-state index contributed by atoms with van der Waals surface area (Å²) >= 11 is 0. The Morgan fingerprint density at radius 1 is 0.941 bits per heavy atom. The van der Waals surface area contributed by atoms with Crippen molar-refractivity contribution in [2.45, 2.75) is 82.7 Å². The summed E-state index contributed by atoms with van der Waals surface area (Å²) in [6, 6.07) is 0. The minimum atomic E-state index is 0.160. The molecule has 0 aromatic heterocycles. The van der Waals surface area contributed by atoms with Crippen LogP contribution in [0.15, 0.2) is 0 Å². The second-order valence-electron chi connectivity index (χ2n) is 7.89. The summed E-state index contributed by atoms with van der Waals surface area (Å²) in [6.07, 6.45) is 6.76. The van der Waals surface area contributed by atoms with Gasteiger partial charge in [-0.1, -0.05) is 13.8 Å². The molecular formula is C15H24O2. The predicted molar refractivity (Wildman–Crippen MR) is 65.9 cm³/mol. The average molecular weight is 236 g/mol. The molecule has 0 bridgehead atoms. The second-order valence-corrected chi connectivity index (χ2v) is 7.89. The second kappa shape index (κ2) is 2.60. The molecule has 2 heterocycles. The van der Waals surface area contributed by atoms with Gasteiger partial charge < -0.3 is 9.47 Å². The van der Waals surface area contributed by atoms with Crippen molar-refractivity contribution in [2.75, 3.05) is 0 Å².